The maximum atomic E-state index is 8.90. The molecule has 3 heteroatoms. The van der Waals surface area contributed by atoms with Gasteiger partial charge in [0, 0.05) is 13.1 Å². The molecule has 0 radical (unpaired) electrons. The summed E-state index contributed by atoms with van der Waals surface area (Å²) in [6.07, 6.45) is 7.14. The van der Waals surface area contributed by atoms with Gasteiger partial charge >= 0.3 is 0 Å². The van der Waals surface area contributed by atoms with Crippen LogP contribution in [-0.2, 0) is 6.61 Å². The monoisotopic (exact) mass is 338 g/mol. The average molecular weight is 338 g/mol. The van der Waals surface area contributed by atoms with Gasteiger partial charge in [0.05, 0.1) is 6.61 Å². The van der Waals surface area contributed by atoms with Crippen molar-refractivity contribution in [1.29, 1.82) is 5.26 Å². The molecular weight excluding hydrogens is 308 g/mol. The van der Waals surface area contributed by atoms with Crippen LogP contribution in [0.5, 0.6) is 0 Å². The second-order valence-electron chi connectivity index (χ2n) is 6.02. The smallest absolute Gasteiger partial charge is 0.179 e. The second kappa shape index (κ2) is 13.0. The highest BCUT2D eigenvalue weighted by Gasteiger charge is 2.06. The summed E-state index contributed by atoms with van der Waals surface area (Å²) >= 11 is 0. The summed E-state index contributed by atoms with van der Waals surface area (Å²) in [5, 5.41) is 17.1. The molecule has 0 bridgehead atoms. The highest BCUT2D eigenvalue weighted by molar-refractivity contribution is 5.63. The minimum Gasteiger partial charge on any atom is -0.392 e. The molecule has 3 rings (SSSR count). The molecule has 0 aromatic heterocycles. The number of likely N-dealkylation sites (tertiary alicyclic amines) is 1. The molecule has 1 fully saturated rings. The summed E-state index contributed by atoms with van der Waals surface area (Å²) in [6, 6.07) is 18.2. The van der Waals surface area contributed by atoms with Crippen molar-refractivity contribution < 1.29 is 5.11 Å². The van der Waals surface area contributed by atoms with Crippen LogP contribution < -0.4 is 0 Å². The van der Waals surface area contributed by atoms with Crippen LogP contribution >= 0.6 is 0 Å². The lowest BCUT2D eigenvalue weighted by Gasteiger charge is -2.01. The number of unbranched alkanes of at least 4 members (excludes halogenated alkanes) is 1. The Kier molecular flexibility index (Phi) is 10.8. The number of nitrogens with zero attached hydrogens (tertiary/aromatic N) is 2. The molecule has 134 valence electrons. The van der Waals surface area contributed by atoms with Gasteiger partial charge in [-0.15, -0.1) is 0 Å². The van der Waals surface area contributed by atoms with E-state index in [9.17, 15) is 0 Å². The Balaban J connectivity index is 0.000000237. The Bertz CT molecular complexity index is 594. The summed E-state index contributed by atoms with van der Waals surface area (Å²) in [4.78, 5) is 1.79. The van der Waals surface area contributed by atoms with E-state index in [1.54, 1.807) is 4.90 Å². The van der Waals surface area contributed by atoms with Crippen molar-refractivity contribution in [3.63, 3.8) is 0 Å². The first-order valence-electron chi connectivity index (χ1n) is 9.15. The molecule has 1 aliphatic heterocycles. The van der Waals surface area contributed by atoms with E-state index in [0.717, 1.165) is 18.7 Å². The van der Waals surface area contributed by atoms with Crippen molar-refractivity contribution in [2.75, 3.05) is 13.1 Å². The molecular formula is C22H30N2O. The molecule has 1 saturated heterocycles. The summed E-state index contributed by atoms with van der Waals surface area (Å²) in [7, 11) is 0. The summed E-state index contributed by atoms with van der Waals surface area (Å²) in [5.41, 5.74) is 3.34. The van der Waals surface area contributed by atoms with E-state index in [0.29, 0.717) is 0 Å². The maximum absolute atomic E-state index is 8.90. The minimum atomic E-state index is 0.106. The van der Waals surface area contributed by atoms with Crippen LogP contribution in [0.2, 0.25) is 0 Å². The van der Waals surface area contributed by atoms with Gasteiger partial charge in [-0.3, -0.25) is 0 Å². The topological polar surface area (TPSA) is 47.3 Å². The third-order valence-corrected chi connectivity index (χ3v) is 3.99. The Morgan fingerprint density at radius 2 is 1.40 bits per heavy atom. The zero-order valence-electron chi connectivity index (χ0n) is 15.5. The Hall–Kier alpha value is -2.31. The fourth-order valence-corrected chi connectivity index (χ4v) is 2.25. The van der Waals surface area contributed by atoms with Gasteiger partial charge in [-0.25, -0.2) is 0 Å². The number of rotatable bonds is 3. The van der Waals surface area contributed by atoms with Crippen molar-refractivity contribution in [2.24, 2.45) is 0 Å². The quantitative estimate of drug-likeness (QED) is 0.781. The number of benzene rings is 2. The van der Waals surface area contributed by atoms with Gasteiger partial charge in [-0.2, -0.15) is 5.26 Å². The molecule has 2 aromatic carbocycles. The molecule has 1 N–H and O–H groups in total. The van der Waals surface area contributed by atoms with E-state index in [4.69, 9.17) is 10.4 Å². The van der Waals surface area contributed by atoms with E-state index in [1.165, 1.54) is 36.8 Å². The standard InChI is InChI=1S/C13H12O.C5H8N2.C4H10/c14-10-11-6-8-13(9-7-11)12-4-2-1-3-5-12;6-5-7-3-1-2-4-7;1-3-4-2/h1-9,14H,10H2;1-4H2;3-4H2,1-2H3. The van der Waals surface area contributed by atoms with E-state index in [2.05, 4.69) is 32.2 Å². The predicted octanol–water partition coefficient (Wildman–Crippen LogP) is 5.22. The van der Waals surface area contributed by atoms with Crippen LogP contribution in [0.4, 0.5) is 0 Å². The zero-order valence-corrected chi connectivity index (χ0v) is 15.5. The zero-order chi connectivity index (χ0) is 18.3. The molecule has 0 unspecified atom stereocenters. The van der Waals surface area contributed by atoms with Crippen LogP contribution in [0.3, 0.4) is 0 Å². The molecule has 0 saturated carbocycles. The molecule has 0 amide bonds. The molecule has 0 atom stereocenters. The first-order chi connectivity index (χ1) is 12.2. The van der Waals surface area contributed by atoms with Gasteiger partial charge in [-0.1, -0.05) is 81.3 Å². The van der Waals surface area contributed by atoms with Gasteiger partial charge in [-0.05, 0) is 29.5 Å². The number of hydrogen-bond donors (Lipinski definition) is 1. The van der Waals surface area contributed by atoms with Crippen molar-refractivity contribution in [2.45, 2.75) is 46.1 Å². The van der Waals surface area contributed by atoms with Crippen LogP contribution in [0, 0.1) is 11.5 Å². The van der Waals surface area contributed by atoms with E-state index >= 15 is 0 Å². The minimum absolute atomic E-state index is 0.106. The van der Waals surface area contributed by atoms with Crippen LogP contribution in [0.1, 0.15) is 45.1 Å². The van der Waals surface area contributed by atoms with Crippen molar-refractivity contribution in [1.82, 2.24) is 4.90 Å². The first-order valence-corrected chi connectivity index (χ1v) is 9.15. The van der Waals surface area contributed by atoms with Gasteiger partial charge in [0.25, 0.3) is 0 Å². The number of hydrogen-bond acceptors (Lipinski definition) is 3. The Morgan fingerprint density at radius 1 is 0.880 bits per heavy atom. The van der Waals surface area contributed by atoms with Gasteiger partial charge < -0.3 is 10.0 Å². The second-order valence-corrected chi connectivity index (χ2v) is 6.02. The van der Waals surface area contributed by atoms with Gasteiger partial charge in [0.1, 0.15) is 0 Å². The number of nitriles is 1. The molecule has 2 aromatic rings. The highest BCUT2D eigenvalue weighted by Crippen LogP contribution is 2.18. The van der Waals surface area contributed by atoms with Gasteiger partial charge in [0.15, 0.2) is 6.19 Å². The van der Waals surface area contributed by atoms with E-state index < -0.39 is 0 Å². The van der Waals surface area contributed by atoms with E-state index in [1.807, 2.05) is 42.5 Å². The number of aliphatic hydroxyl groups excluding tert-OH is 1. The molecule has 1 heterocycles. The molecule has 0 aliphatic carbocycles. The van der Waals surface area contributed by atoms with Crippen LogP contribution in [0.25, 0.3) is 11.1 Å². The van der Waals surface area contributed by atoms with E-state index in [-0.39, 0.29) is 6.61 Å². The fraction of sp³-hybridized carbons (Fsp3) is 0.409. The summed E-state index contributed by atoms with van der Waals surface area (Å²) < 4.78 is 0. The Labute approximate surface area is 152 Å². The fourth-order valence-electron chi connectivity index (χ4n) is 2.25. The molecule has 25 heavy (non-hydrogen) atoms. The van der Waals surface area contributed by atoms with Crippen molar-refractivity contribution in [3.8, 4) is 17.3 Å². The van der Waals surface area contributed by atoms with Crippen LogP contribution in [0.15, 0.2) is 54.6 Å². The van der Waals surface area contributed by atoms with Crippen molar-refractivity contribution >= 4 is 0 Å². The molecule has 0 spiro atoms. The van der Waals surface area contributed by atoms with Crippen molar-refractivity contribution in [3.05, 3.63) is 60.2 Å². The maximum Gasteiger partial charge on any atom is 0.179 e. The van der Waals surface area contributed by atoms with Crippen LogP contribution in [-0.4, -0.2) is 23.1 Å². The largest absolute Gasteiger partial charge is 0.392 e. The lowest BCUT2D eigenvalue weighted by molar-refractivity contribution is 0.282. The Morgan fingerprint density at radius 3 is 1.80 bits per heavy atom. The molecule has 1 aliphatic rings. The normalized spacial score (nSPS) is 12.3. The third-order valence-electron chi connectivity index (χ3n) is 3.99. The highest BCUT2D eigenvalue weighted by atomic mass is 16.3. The summed E-state index contributed by atoms with van der Waals surface area (Å²) in [5.74, 6) is 0. The third kappa shape index (κ3) is 8.37. The lowest BCUT2D eigenvalue weighted by atomic mass is 10.0. The average Bonchev–Trinajstić information content (AvgIpc) is 3.23. The lowest BCUT2D eigenvalue weighted by Crippen LogP contribution is -2.10. The SMILES string of the molecule is CCCC.N#CN1CCCC1.OCc1ccc(-c2ccccc2)cc1. The summed E-state index contributed by atoms with van der Waals surface area (Å²) in [6.45, 7) is 6.43. The van der Waals surface area contributed by atoms with Gasteiger partial charge in [0.2, 0.25) is 0 Å². The molecule has 3 nitrogen and oxygen atoms in total. The number of aliphatic hydroxyl groups is 1. The predicted molar refractivity (Wildman–Crippen MR) is 105 cm³/mol. The first kappa shape index (κ1) is 20.7.